The molecule has 2 atom stereocenters. The number of nitrogens with zero attached hydrogens (tertiary/aromatic N) is 3. The Morgan fingerprint density at radius 1 is 1.36 bits per heavy atom. The van der Waals surface area contributed by atoms with E-state index in [1.165, 1.54) is 32.4 Å². The highest BCUT2D eigenvalue weighted by atomic mass is 16.3. The highest BCUT2D eigenvalue weighted by Gasteiger charge is 2.25. The zero-order valence-electron chi connectivity index (χ0n) is 15.1. The Hall–Kier alpha value is -1.79. The van der Waals surface area contributed by atoms with E-state index in [9.17, 15) is 0 Å². The van der Waals surface area contributed by atoms with Crippen LogP contribution in [0.2, 0.25) is 0 Å². The second-order valence-corrected chi connectivity index (χ2v) is 7.39. The minimum Gasteiger partial charge on any atom is -0.468 e. The van der Waals surface area contributed by atoms with E-state index in [4.69, 9.17) is 4.42 Å². The van der Waals surface area contributed by atoms with Gasteiger partial charge in [-0.2, -0.15) is 5.10 Å². The summed E-state index contributed by atoms with van der Waals surface area (Å²) < 4.78 is 7.83. The van der Waals surface area contributed by atoms with E-state index < -0.39 is 0 Å². The summed E-state index contributed by atoms with van der Waals surface area (Å²) >= 11 is 0. The van der Waals surface area contributed by atoms with E-state index in [-0.39, 0.29) is 0 Å². The topological polar surface area (TPSA) is 58.3 Å². The van der Waals surface area contributed by atoms with Crippen LogP contribution < -0.4 is 10.6 Å². The van der Waals surface area contributed by atoms with Gasteiger partial charge in [0.15, 0.2) is 0 Å². The first-order chi connectivity index (χ1) is 12.3. The van der Waals surface area contributed by atoms with Gasteiger partial charge in [-0.1, -0.05) is 6.42 Å². The minimum atomic E-state index is 0.342. The van der Waals surface area contributed by atoms with E-state index in [2.05, 4.69) is 37.4 Å². The maximum absolute atomic E-state index is 5.73. The smallest absolute Gasteiger partial charge is 0.124 e. The van der Waals surface area contributed by atoms with Crippen molar-refractivity contribution in [1.29, 1.82) is 0 Å². The quantitative estimate of drug-likeness (QED) is 0.844. The Morgan fingerprint density at radius 2 is 2.24 bits per heavy atom. The van der Waals surface area contributed by atoms with Crippen LogP contribution in [0.1, 0.15) is 36.8 Å². The Kier molecular flexibility index (Phi) is 5.08. The molecular formula is C19H29N5O. The number of anilines is 1. The molecule has 4 rings (SSSR count). The van der Waals surface area contributed by atoms with Crippen molar-refractivity contribution in [3.8, 4) is 0 Å². The molecule has 2 aromatic heterocycles. The number of fused-ring (bicyclic) bond motifs is 1. The van der Waals surface area contributed by atoms with Gasteiger partial charge in [0.25, 0.3) is 0 Å². The van der Waals surface area contributed by atoms with Gasteiger partial charge in [0.1, 0.15) is 11.6 Å². The van der Waals surface area contributed by atoms with Gasteiger partial charge >= 0.3 is 0 Å². The van der Waals surface area contributed by atoms with E-state index in [0.717, 1.165) is 43.5 Å². The molecule has 0 bridgehead atoms. The first-order valence-corrected chi connectivity index (χ1v) is 9.56. The van der Waals surface area contributed by atoms with Crippen molar-refractivity contribution in [2.45, 2.75) is 38.8 Å². The molecule has 0 amide bonds. The summed E-state index contributed by atoms with van der Waals surface area (Å²) in [5.41, 5.74) is 1.08. The fourth-order valence-electron chi connectivity index (χ4n) is 4.07. The summed E-state index contributed by atoms with van der Waals surface area (Å²) in [5, 5.41) is 11.8. The van der Waals surface area contributed by atoms with Crippen LogP contribution in [0, 0.1) is 12.8 Å². The van der Waals surface area contributed by atoms with E-state index in [0.29, 0.717) is 12.0 Å². The molecule has 0 unspecified atom stereocenters. The number of likely N-dealkylation sites (tertiary alicyclic amines) is 1. The normalized spacial score (nSPS) is 22.4. The maximum Gasteiger partial charge on any atom is 0.124 e. The van der Waals surface area contributed by atoms with Crippen molar-refractivity contribution in [2.75, 3.05) is 38.0 Å². The summed E-state index contributed by atoms with van der Waals surface area (Å²) in [6.45, 7) is 8.33. The zero-order chi connectivity index (χ0) is 17.1. The second kappa shape index (κ2) is 7.62. The largest absolute Gasteiger partial charge is 0.468 e. The third-order valence-corrected chi connectivity index (χ3v) is 5.38. The predicted octanol–water partition coefficient (Wildman–Crippen LogP) is 2.64. The first-order valence-electron chi connectivity index (χ1n) is 9.56. The Labute approximate surface area is 149 Å². The van der Waals surface area contributed by atoms with Crippen LogP contribution in [0.25, 0.3) is 0 Å². The Bertz CT molecular complexity index is 659. The van der Waals surface area contributed by atoms with Crippen LogP contribution in [0.4, 0.5) is 5.82 Å². The molecule has 2 N–H and O–H groups in total. The van der Waals surface area contributed by atoms with Gasteiger partial charge in [0, 0.05) is 38.2 Å². The number of nitrogens with one attached hydrogen (secondary N) is 2. The average Bonchev–Trinajstić information content (AvgIpc) is 3.28. The van der Waals surface area contributed by atoms with Gasteiger partial charge in [0.2, 0.25) is 0 Å². The lowest BCUT2D eigenvalue weighted by atomic mass is 10.1. The van der Waals surface area contributed by atoms with E-state index in [1.54, 1.807) is 6.26 Å². The predicted molar refractivity (Wildman–Crippen MR) is 98.7 cm³/mol. The molecule has 1 fully saturated rings. The van der Waals surface area contributed by atoms with Crippen molar-refractivity contribution in [2.24, 2.45) is 5.92 Å². The molecule has 6 nitrogen and oxygen atoms in total. The molecule has 0 spiro atoms. The summed E-state index contributed by atoms with van der Waals surface area (Å²) in [7, 11) is 0. The maximum atomic E-state index is 5.73. The zero-order valence-corrected chi connectivity index (χ0v) is 15.1. The summed E-state index contributed by atoms with van der Waals surface area (Å²) in [6.07, 6.45) is 5.74. The number of aromatic nitrogens is 2. The van der Waals surface area contributed by atoms with Crippen LogP contribution in [0.15, 0.2) is 28.9 Å². The van der Waals surface area contributed by atoms with Gasteiger partial charge in [-0.3, -0.25) is 4.90 Å². The molecule has 0 aliphatic carbocycles. The van der Waals surface area contributed by atoms with Gasteiger partial charge in [-0.05, 0) is 45.0 Å². The fraction of sp³-hybridized carbons (Fsp3) is 0.632. The highest BCUT2D eigenvalue weighted by Crippen LogP contribution is 2.25. The van der Waals surface area contributed by atoms with Gasteiger partial charge in [-0.15, -0.1) is 0 Å². The summed E-state index contributed by atoms with van der Waals surface area (Å²) in [4.78, 5) is 2.57. The molecule has 4 heterocycles. The molecule has 2 aliphatic heterocycles. The molecule has 2 aliphatic rings. The summed E-state index contributed by atoms with van der Waals surface area (Å²) in [5.74, 6) is 2.79. The molecule has 136 valence electrons. The van der Waals surface area contributed by atoms with Crippen molar-refractivity contribution < 1.29 is 4.42 Å². The SMILES string of the molecule is Cc1cc2n(n1)C[C@@H](CNC[C@@H](c1ccco1)N1CCCCC1)CN2. The van der Waals surface area contributed by atoms with E-state index >= 15 is 0 Å². The molecule has 25 heavy (non-hydrogen) atoms. The van der Waals surface area contributed by atoms with Gasteiger partial charge < -0.3 is 15.1 Å². The first kappa shape index (κ1) is 16.7. The molecule has 0 aromatic carbocycles. The van der Waals surface area contributed by atoms with Crippen LogP contribution in [0.5, 0.6) is 0 Å². The van der Waals surface area contributed by atoms with Gasteiger partial charge in [0.05, 0.1) is 18.0 Å². The number of rotatable bonds is 6. The lowest BCUT2D eigenvalue weighted by Gasteiger charge is -2.34. The van der Waals surface area contributed by atoms with Crippen LogP contribution in [-0.4, -0.2) is 47.4 Å². The van der Waals surface area contributed by atoms with Crippen molar-refractivity contribution in [3.05, 3.63) is 35.9 Å². The molecule has 2 aromatic rings. The second-order valence-electron chi connectivity index (χ2n) is 7.39. The molecule has 0 saturated carbocycles. The monoisotopic (exact) mass is 343 g/mol. The highest BCUT2D eigenvalue weighted by molar-refractivity contribution is 5.38. The Morgan fingerprint density at radius 3 is 3.04 bits per heavy atom. The minimum absolute atomic E-state index is 0.342. The molecule has 1 saturated heterocycles. The van der Waals surface area contributed by atoms with Crippen molar-refractivity contribution in [3.63, 3.8) is 0 Å². The molecular weight excluding hydrogens is 314 g/mol. The third kappa shape index (κ3) is 3.90. The van der Waals surface area contributed by atoms with Crippen LogP contribution >= 0.6 is 0 Å². The van der Waals surface area contributed by atoms with Crippen molar-refractivity contribution >= 4 is 5.82 Å². The third-order valence-electron chi connectivity index (χ3n) is 5.38. The van der Waals surface area contributed by atoms with E-state index in [1.807, 2.05) is 13.0 Å². The number of furan rings is 1. The fourth-order valence-corrected chi connectivity index (χ4v) is 4.07. The molecule has 6 heteroatoms. The molecule has 0 radical (unpaired) electrons. The number of hydrogen-bond donors (Lipinski definition) is 2. The van der Waals surface area contributed by atoms with Crippen LogP contribution in [0.3, 0.4) is 0 Å². The van der Waals surface area contributed by atoms with Gasteiger partial charge in [-0.25, -0.2) is 4.68 Å². The summed E-state index contributed by atoms with van der Waals surface area (Å²) in [6, 6.07) is 6.57. The number of aryl methyl sites for hydroxylation is 1. The number of piperidine rings is 1. The number of hydrogen-bond acceptors (Lipinski definition) is 5. The lowest BCUT2D eigenvalue weighted by molar-refractivity contribution is 0.141. The lowest BCUT2D eigenvalue weighted by Crippen LogP contribution is -2.41. The van der Waals surface area contributed by atoms with Crippen molar-refractivity contribution in [1.82, 2.24) is 20.0 Å². The Balaban J connectivity index is 1.32. The average molecular weight is 343 g/mol. The van der Waals surface area contributed by atoms with Crippen LogP contribution in [-0.2, 0) is 6.54 Å². The standard InChI is InChI=1S/C19H29N5O/c1-15-10-19-21-12-16(14-24(19)22-15)11-20-13-17(18-6-5-9-25-18)23-7-3-2-4-8-23/h5-6,9-10,16-17,20-21H,2-4,7-8,11-14H2,1H3/t16-,17-/m0/s1.